The molecular weight excluding hydrogens is 408 g/mol. The number of carbonyl (C=O) groups is 3. The van der Waals surface area contributed by atoms with Crippen LogP contribution in [-0.4, -0.2) is 34.0 Å². The predicted octanol–water partition coefficient (Wildman–Crippen LogP) is 2.24. The van der Waals surface area contributed by atoms with Crippen LogP contribution in [0.2, 0.25) is 0 Å². The Kier molecular flexibility index (Phi) is 5.20. The van der Waals surface area contributed by atoms with Gasteiger partial charge in [-0.15, -0.1) is 0 Å². The van der Waals surface area contributed by atoms with Crippen LogP contribution in [0.15, 0.2) is 54.7 Å². The number of anilines is 2. The average Bonchev–Trinajstić information content (AvgIpc) is 3.35. The summed E-state index contributed by atoms with van der Waals surface area (Å²) in [5.41, 5.74) is 6.55. The van der Waals surface area contributed by atoms with Crippen molar-refractivity contribution >= 4 is 29.1 Å². The van der Waals surface area contributed by atoms with Gasteiger partial charge in [0.1, 0.15) is 17.3 Å². The average molecular weight is 425 g/mol. The number of nitrogens with one attached hydrogen (secondary N) is 1. The minimum Gasteiger partial charge on any atom is -0.364 e. The summed E-state index contributed by atoms with van der Waals surface area (Å²) in [6.45, 7) is 0.0226. The summed E-state index contributed by atoms with van der Waals surface area (Å²) >= 11 is 0. The molecule has 10 heteroatoms. The number of primary amides is 1. The number of aromatic nitrogens is 2. The number of hydrogen-bond acceptors (Lipinski definition) is 4. The standard InChI is InChI=1S/C21H17F2N5O3/c22-13-8-14(23)10-17(9-13)27-11-12(7-19(27)29)21(31)25-15-1-3-16(4-2-15)28-6-5-18(26-28)20(24)30/h1-6,8-10,12H,7,11H2,(H2,24,30)(H,25,31). The lowest BCUT2D eigenvalue weighted by molar-refractivity contribution is -0.122. The second kappa shape index (κ2) is 7.98. The highest BCUT2D eigenvalue weighted by molar-refractivity contribution is 6.03. The fraction of sp³-hybridized carbons (Fsp3) is 0.143. The monoisotopic (exact) mass is 425 g/mol. The third-order valence-corrected chi connectivity index (χ3v) is 4.90. The topological polar surface area (TPSA) is 110 Å². The number of amides is 3. The number of halogens is 2. The van der Waals surface area contributed by atoms with Crippen molar-refractivity contribution in [1.82, 2.24) is 9.78 Å². The van der Waals surface area contributed by atoms with Gasteiger partial charge in [-0.3, -0.25) is 14.4 Å². The normalized spacial score (nSPS) is 15.9. The molecule has 31 heavy (non-hydrogen) atoms. The Morgan fingerprint density at radius 3 is 2.32 bits per heavy atom. The molecule has 1 fully saturated rings. The Balaban J connectivity index is 1.42. The van der Waals surface area contributed by atoms with Gasteiger partial charge < -0.3 is 16.0 Å². The van der Waals surface area contributed by atoms with Gasteiger partial charge in [-0.1, -0.05) is 0 Å². The van der Waals surface area contributed by atoms with Crippen molar-refractivity contribution in [2.45, 2.75) is 6.42 Å². The van der Waals surface area contributed by atoms with Gasteiger partial charge in [0.2, 0.25) is 11.8 Å². The SMILES string of the molecule is NC(=O)c1ccn(-c2ccc(NC(=O)C3CC(=O)N(c4cc(F)cc(F)c4)C3)cc2)n1. The molecule has 1 aliphatic rings. The van der Waals surface area contributed by atoms with Crippen LogP contribution >= 0.6 is 0 Å². The van der Waals surface area contributed by atoms with E-state index in [-0.39, 0.29) is 36.2 Å². The summed E-state index contributed by atoms with van der Waals surface area (Å²) in [6.07, 6.45) is 1.52. The van der Waals surface area contributed by atoms with E-state index in [1.165, 1.54) is 15.6 Å². The fourth-order valence-electron chi connectivity index (χ4n) is 3.37. The lowest BCUT2D eigenvalue weighted by Gasteiger charge is -2.17. The number of nitrogens with two attached hydrogens (primary N) is 1. The molecule has 0 saturated carbocycles. The quantitative estimate of drug-likeness (QED) is 0.653. The molecule has 1 atom stereocenters. The fourth-order valence-corrected chi connectivity index (χ4v) is 3.37. The first-order valence-corrected chi connectivity index (χ1v) is 9.33. The van der Waals surface area contributed by atoms with Crippen LogP contribution < -0.4 is 16.0 Å². The first kappa shape index (κ1) is 20.2. The van der Waals surface area contributed by atoms with E-state index in [0.29, 0.717) is 11.4 Å². The summed E-state index contributed by atoms with van der Waals surface area (Å²) in [4.78, 5) is 37.2. The van der Waals surface area contributed by atoms with Crippen molar-refractivity contribution in [3.63, 3.8) is 0 Å². The lowest BCUT2D eigenvalue weighted by Crippen LogP contribution is -2.28. The van der Waals surface area contributed by atoms with E-state index in [4.69, 9.17) is 5.73 Å². The first-order valence-electron chi connectivity index (χ1n) is 9.33. The zero-order chi connectivity index (χ0) is 22.1. The highest BCUT2D eigenvalue weighted by Gasteiger charge is 2.35. The van der Waals surface area contributed by atoms with Crippen LogP contribution in [0.3, 0.4) is 0 Å². The summed E-state index contributed by atoms with van der Waals surface area (Å²) in [5, 5.41) is 6.78. The molecule has 158 valence electrons. The van der Waals surface area contributed by atoms with E-state index in [1.807, 2.05) is 0 Å². The molecule has 1 aliphatic heterocycles. The van der Waals surface area contributed by atoms with Crippen LogP contribution in [0, 0.1) is 17.6 Å². The van der Waals surface area contributed by atoms with Crippen molar-refractivity contribution in [3.8, 4) is 5.69 Å². The molecule has 1 unspecified atom stereocenters. The van der Waals surface area contributed by atoms with E-state index in [9.17, 15) is 23.2 Å². The summed E-state index contributed by atoms with van der Waals surface area (Å²) in [6, 6.07) is 11.0. The van der Waals surface area contributed by atoms with E-state index < -0.39 is 23.5 Å². The lowest BCUT2D eigenvalue weighted by atomic mass is 10.1. The van der Waals surface area contributed by atoms with E-state index in [2.05, 4.69) is 10.4 Å². The van der Waals surface area contributed by atoms with Crippen LogP contribution in [0.1, 0.15) is 16.9 Å². The third-order valence-electron chi connectivity index (χ3n) is 4.90. The van der Waals surface area contributed by atoms with Gasteiger partial charge in [-0.2, -0.15) is 5.10 Å². The van der Waals surface area contributed by atoms with Gasteiger partial charge in [0, 0.05) is 36.6 Å². The Morgan fingerprint density at radius 1 is 1.03 bits per heavy atom. The Bertz CT molecular complexity index is 1160. The molecule has 2 heterocycles. The molecular formula is C21H17F2N5O3. The maximum Gasteiger partial charge on any atom is 0.269 e. The third kappa shape index (κ3) is 4.27. The van der Waals surface area contributed by atoms with Crippen LogP contribution in [-0.2, 0) is 9.59 Å². The van der Waals surface area contributed by atoms with Crippen molar-refractivity contribution < 1.29 is 23.2 Å². The molecule has 1 saturated heterocycles. The number of benzene rings is 2. The van der Waals surface area contributed by atoms with Crippen molar-refractivity contribution in [2.24, 2.45) is 11.7 Å². The molecule has 3 aromatic rings. The van der Waals surface area contributed by atoms with Crippen molar-refractivity contribution in [3.05, 3.63) is 72.1 Å². The Labute approximate surface area is 175 Å². The van der Waals surface area contributed by atoms with E-state index in [0.717, 1.165) is 18.2 Å². The molecule has 3 amide bonds. The minimum atomic E-state index is -0.795. The highest BCUT2D eigenvalue weighted by Crippen LogP contribution is 2.27. The maximum absolute atomic E-state index is 13.5. The number of rotatable bonds is 5. The number of nitrogens with zero attached hydrogens (tertiary/aromatic N) is 3. The van der Waals surface area contributed by atoms with Gasteiger partial charge in [0.05, 0.1) is 11.6 Å². The summed E-state index contributed by atoms with van der Waals surface area (Å²) in [5.74, 6) is -3.65. The minimum absolute atomic E-state index is 0.0226. The molecule has 4 rings (SSSR count). The van der Waals surface area contributed by atoms with Crippen LogP contribution in [0.5, 0.6) is 0 Å². The summed E-state index contributed by atoms with van der Waals surface area (Å²) < 4.78 is 28.4. The maximum atomic E-state index is 13.5. The smallest absolute Gasteiger partial charge is 0.269 e. The second-order valence-corrected chi connectivity index (χ2v) is 7.08. The number of carbonyl (C=O) groups excluding carboxylic acids is 3. The molecule has 8 nitrogen and oxygen atoms in total. The zero-order valence-electron chi connectivity index (χ0n) is 16.1. The van der Waals surface area contributed by atoms with Gasteiger partial charge in [-0.05, 0) is 42.5 Å². The van der Waals surface area contributed by atoms with E-state index in [1.54, 1.807) is 30.5 Å². The van der Waals surface area contributed by atoms with Crippen molar-refractivity contribution in [2.75, 3.05) is 16.8 Å². The predicted molar refractivity (Wildman–Crippen MR) is 108 cm³/mol. The zero-order valence-corrected chi connectivity index (χ0v) is 16.1. The molecule has 0 radical (unpaired) electrons. The molecule has 1 aromatic heterocycles. The van der Waals surface area contributed by atoms with Crippen LogP contribution in [0.25, 0.3) is 5.69 Å². The first-order chi connectivity index (χ1) is 14.8. The van der Waals surface area contributed by atoms with Crippen molar-refractivity contribution in [1.29, 1.82) is 0 Å². The Morgan fingerprint density at radius 2 is 1.71 bits per heavy atom. The highest BCUT2D eigenvalue weighted by atomic mass is 19.1. The second-order valence-electron chi connectivity index (χ2n) is 7.08. The molecule has 3 N–H and O–H groups in total. The summed E-state index contributed by atoms with van der Waals surface area (Å²) in [7, 11) is 0. The van der Waals surface area contributed by atoms with Gasteiger partial charge in [0.25, 0.3) is 5.91 Å². The largest absolute Gasteiger partial charge is 0.364 e. The number of hydrogen-bond donors (Lipinski definition) is 2. The van der Waals surface area contributed by atoms with E-state index >= 15 is 0 Å². The molecule has 0 bridgehead atoms. The molecule has 0 spiro atoms. The van der Waals surface area contributed by atoms with Gasteiger partial charge in [0.15, 0.2) is 0 Å². The molecule has 2 aromatic carbocycles. The molecule has 0 aliphatic carbocycles. The Hall–Kier alpha value is -4.08. The van der Waals surface area contributed by atoms with Gasteiger partial charge in [-0.25, -0.2) is 13.5 Å². The van der Waals surface area contributed by atoms with Gasteiger partial charge >= 0.3 is 0 Å². The van der Waals surface area contributed by atoms with Crippen LogP contribution in [0.4, 0.5) is 20.2 Å².